The van der Waals surface area contributed by atoms with Crippen LogP contribution >= 0.6 is 11.3 Å². The van der Waals surface area contributed by atoms with Crippen LogP contribution in [0.3, 0.4) is 0 Å². The molecule has 1 aliphatic heterocycles. The first-order valence-corrected chi connectivity index (χ1v) is 13.6. The molecule has 184 valence electrons. The average molecular weight is 491 g/mol. The Morgan fingerprint density at radius 3 is 2.57 bits per heavy atom. The molecule has 0 radical (unpaired) electrons. The van der Waals surface area contributed by atoms with Gasteiger partial charge in [0.25, 0.3) is 5.91 Å². The number of hydrogen-bond donors (Lipinski definition) is 1. The van der Waals surface area contributed by atoms with Gasteiger partial charge >= 0.3 is 0 Å². The molecule has 1 saturated carbocycles. The minimum atomic E-state index is -1.02. The Morgan fingerprint density at radius 1 is 1.17 bits per heavy atom. The number of carbonyl (C=O) groups excluding carboxylic acids is 2. The predicted octanol–water partition coefficient (Wildman–Crippen LogP) is 5.60. The summed E-state index contributed by atoms with van der Waals surface area (Å²) in [7, 11) is 0. The molecular weight excluding hydrogens is 456 g/mol. The molecule has 5 rings (SSSR count). The summed E-state index contributed by atoms with van der Waals surface area (Å²) in [6.45, 7) is 6.98. The van der Waals surface area contributed by atoms with E-state index in [1.165, 1.54) is 12.0 Å². The molecule has 1 atom stereocenters. The van der Waals surface area contributed by atoms with Crippen LogP contribution in [0.5, 0.6) is 0 Å². The number of thiophene rings is 1. The van der Waals surface area contributed by atoms with Gasteiger partial charge in [-0.3, -0.25) is 14.3 Å². The summed E-state index contributed by atoms with van der Waals surface area (Å²) in [5.74, 6) is 0.219. The highest BCUT2D eigenvalue weighted by Crippen LogP contribution is 2.33. The summed E-state index contributed by atoms with van der Waals surface area (Å²) in [6.07, 6.45) is 5.52. The van der Waals surface area contributed by atoms with Crippen LogP contribution in [0.1, 0.15) is 79.7 Å². The number of aromatic nitrogens is 2. The Balaban J connectivity index is 1.48. The molecule has 0 saturated heterocycles. The van der Waals surface area contributed by atoms with Crippen LogP contribution in [-0.4, -0.2) is 38.1 Å². The van der Waals surface area contributed by atoms with E-state index in [9.17, 15) is 9.59 Å². The zero-order chi connectivity index (χ0) is 24.6. The van der Waals surface area contributed by atoms with Crippen molar-refractivity contribution in [3.63, 3.8) is 0 Å². The van der Waals surface area contributed by atoms with E-state index in [0.29, 0.717) is 24.7 Å². The van der Waals surface area contributed by atoms with Crippen molar-refractivity contribution in [2.24, 2.45) is 0 Å². The minimum absolute atomic E-state index is 0.0849. The number of nitrogens with one attached hydrogen (secondary N) is 1. The highest BCUT2D eigenvalue weighted by atomic mass is 32.1. The molecule has 1 aromatic carbocycles. The molecule has 2 aliphatic rings. The zero-order valence-corrected chi connectivity index (χ0v) is 21.6. The Hall–Kier alpha value is -2.93. The Morgan fingerprint density at radius 2 is 1.91 bits per heavy atom. The van der Waals surface area contributed by atoms with Crippen molar-refractivity contribution < 1.29 is 9.59 Å². The Bertz CT molecular complexity index is 1190. The monoisotopic (exact) mass is 490 g/mol. The molecule has 3 aromatic rings. The zero-order valence-electron chi connectivity index (χ0n) is 20.8. The SMILES string of the molecule is CC(C)c1ccc(-c2cc3n(n2)C[C@](C)(C(=O)NC2CCCCC2)N(Cc2cccs2)C3=O)cc1. The third-order valence-electron chi connectivity index (χ3n) is 7.49. The fourth-order valence-electron chi connectivity index (χ4n) is 5.22. The molecule has 0 unspecified atom stereocenters. The fraction of sp³-hybridized carbons (Fsp3) is 0.464. The van der Waals surface area contributed by atoms with Gasteiger partial charge in [-0.2, -0.15) is 5.10 Å². The van der Waals surface area contributed by atoms with Gasteiger partial charge in [0.2, 0.25) is 5.91 Å². The molecule has 0 spiro atoms. The van der Waals surface area contributed by atoms with Crippen LogP contribution < -0.4 is 5.32 Å². The topological polar surface area (TPSA) is 67.2 Å². The van der Waals surface area contributed by atoms with E-state index < -0.39 is 5.54 Å². The van der Waals surface area contributed by atoms with Crippen molar-refractivity contribution in [2.45, 2.75) is 83.5 Å². The maximum Gasteiger partial charge on any atom is 0.273 e. The highest BCUT2D eigenvalue weighted by Gasteiger charge is 2.48. The van der Waals surface area contributed by atoms with Gasteiger partial charge in [0.15, 0.2) is 0 Å². The van der Waals surface area contributed by atoms with E-state index in [-0.39, 0.29) is 17.9 Å². The van der Waals surface area contributed by atoms with Crippen molar-refractivity contribution in [1.29, 1.82) is 0 Å². The van der Waals surface area contributed by atoms with Crippen molar-refractivity contribution in [3.05, 3.63) is 64.0 Å². The lowest BCUT2D eigenvalue weighted by atomic mass is 9.91. The van der Waals surface area contributed by atoms with E-state index in [1.807, 2.05) is 30.5 Å². The van der Waals surface area contributed by atoms with E-state index in [2.05, 4.69) is 43.4 Å². The standard InChI is InChI=1S/C28H34N4O2S/c1-19(2)20-11-13-21(14-12-20)24-16-25-26(33)31(17-23-10-7-15-35-23)28(3,18-32(25)30-24)27(34)29-22-8-5-4-6-9-22/h7,10-16,19,22H,4-6,8-9,17-18H2,1-3H3,(H,29,34)/t28-/m1/s1. The summed E-state index contributed by atoms with van der Waals surface area (Å²) < 4.78 is 1.74. The summed E-state index contributed by atoms with van der Waals surface area (Å²) >= 11 is 1.61. The summed E-state index contributed by atoms with van der Waals surface area (Å²) in [6, 6.07) is 14.4. The lowest BCUT2D eigenvalue weighted by molar-refractivity contribution is -0.134. The molecule has 3 heterocycles. The van der Waals surface area contributed by atoms with E-state index in [0.717, 1.165) is 41.8 Å². The molecule has 35 heavy (non-hydrogen) atoms. The number of fused-ring (bicyclic) bond motifs is 1. The highest BCUT2D eigenvalue weighted by molar-refractivity contribution is 7.09. The van der Waals surface area contributed by atoms with Crippen molar-refractivity contribution >= 4 is 23.2 Å². The normalized spacial score (nSPS) is 20.8. The molecule has 2 amide bonds. The molecule has 1 fully saturated rings. The van der Waals surface area contributed by atoms with Crippen molar-refractivity contribution in [1.82, 2.24) is 20.0 Å². The molecule has 1 N–H and O–H groups in total. The molecular formula is C28H34N4O2S. The van der Waals surface area contributed by atoms with Gasteiger partial charge in [-0.1, -0.05) is 63.4 Å². The third kappa shape index (κ3) is 4.66. The van der Waals surface area contributed by atoms with Crippen molar-refractivity contribution in [2.75, 3.05) is 0 Å². The van der Waals surface area contributed by atoms with Crippen LogP contribution in [0.4, 0.5) is 0 Å². The Kier molecular flexibility index (Phi) is 6.53. The van der Waals surface area contributed by atoms with E-state index in [1.54, 1.807) is 20.9 Å². The summed E-state index contributed by atoms with van der Waals surface area (Å²) in [5.41, 5.74) is 2.52. The van der Waals surface area contributed by atoms with Crippen molar-refractivity contribution in [3.8, 4) is 11.3 Å². The maximum atomic E-state index is 13.8. The smallest absolute Gasteiger partial charge is 0.273 e. The summed E-state index contributed by atoms with van der Waals surface area (Å²) in [5, 5.41) is 10.1. The lowest BCUT2D eigenvalue weighted by Crippen LogP contribution is -2.64. The predicted molar refractivity (Wildman–Crippen MR) is 139 cm³/mol. The van der Waals surface area contributed by atoms with Gasteiger partial charge in [0.05, 0.1) is 18.8 Å². The van der Waals surface area contributed by atoms with Gasteiger partial charge in [0.1, 0.15) is 11.2 Å². The maximum absolute atomic E-state index is 13.8. The molecule has 7 heteroatoms. The van der Waals surface area contributed by atoms with Gasteiger partial charge in [0, 0.05) is 16.5 Å². The fourth-order valence-corrected chi connectivity index (χ4v) is 5.91. The van der Waals surface area contributed by atoms with Crippen LogP contribution in [0.2, 0.25) is 0 Å². The second kappa shape index (κ2) is 9.61. The number of benzene rings is 1. The van der Waals surface area contributed by atoms with E-state index in [4.69, 9.17) is 5.10 Å². The number of nitrogens with zero attached hydrogens (tertiary/aromatic N) is 3. The first kappa shape index (κ1) is 23.8. The lowest BCUT2D eigenvalue weighted by Gasteiger charge is -2.43. The second-order valence-corrected chi connectivity index (χ2v) is 11.4. The van der Waals surface area contributed by atoms with Gasteiger partial charge in [-0.15, -0.1) is 11.3 Å². The quantitative estimate of drug-likeness (QED) is 0.489. The third-order valence-corrected chi connectivity index (χ3v) is 8.36. The average Bonchev–Trinajstić information content (AvgIpc) is 3.52. The molecule has 6 nitrogen and oxygen atoms in total. The Labute approximate surface area is 211 Å². The molecule has 1 aliphatic carbocycles. The number of carbonyl (C=O) groups is 2. The van der Waals surface area contributed by atoms with Crippen LogP contribution in [0.15, 0.2) is 47.8 Å². The molecule has 2 aromatic heterocycles. The van der Waals surface area contributed by atoms with E-state index >= 15 is 0 Å². The second-order valence-electron chi connectivity index (χ2n) is 10.4. The van der Waals surface area contributed by atoms with Gasteiger partial charge in [-0.05, 0) is 48.8 Å². The largest absolute Gasteiger partial charge is 0.351 e. The van der Waals surface area contributed by atoms with Gasteiger partial charge in [-0.25, -0.2) is 0 Å². The number of hydrogen-bond acceptors (Lipinski definition) is 4. The first-order valence-electron chi connectivity index (χ1n) is 12.7. The number of rotatable bonds is 6. The minimum Gasteiger partial charge on any atom is -0.351 e. The summed E-state index contributed by atoms with van der Waals surface area (Å²) in [4.78, 5) is 30.4. The van der Waals surface area contributed by atoms with Crippen LogP contribution in [-0.2, 0) is 17.9 Å². The van der Waals surface area contributed by atoms with Gasteiger partial charge < -0.3 is 10.2 Å². The van der Waals surface area contributed by atoms with Crippen LogP contribution in [0, 0.1) is 0 Å². The molecule has 0 bridgehead atoms. The first-order chi connectivity index (χ1) is 16.8. The number of amides is 2. The van der Waals surface area contributed by atoms with Crippen LogP contribution in [0.25, 0.3) is 11.3 Å².